The molecular weight excluding hydrogens is 961 g/mol. The third kappa shape index (κ3) is 8.90. The van der Waals surface area contributed by atoms with E-state index in [-0.39, 0.29) is 17.5 Å². The summed E-state index contributed by atoms with van der Waals surface area (Å²) in [4.78, 5) is 17.6. The lowest BCUT2D eigenvalue weighted by Crippen LogP contribution is -2.25. The minimum absolute atomic E-state index is 0.0845. The molecule has 0 atom stereocenters. The molecule has 0 N–H and O–H groups in total. The van der Waals surface area contributed by atoms with Crippen LogP contribution in [-0.2, 0) is 10.8 Å². The zero-order valence-electron chi connectivity index (χ0n) is 48.4. The van der Waals surface area contributed by atoms with Gasteiger partial charge < -0.3 is 48.7 Å². The highest BCUT2D eigenvalue weighted by atomic mass is 16.5. The van der Waals surface area contributed by atoms with Gasteiger partial charge in [-0.2, -0.15) is 0 Å². The van der Waals surface area contributed by atoms with Gasteiger partial charge in [-0.3, -0.25) is 0 Å². The first-order valence-corrected chi connectivity index (χ1v) is 26.9. The van der Waals surface area contributed by atoms with Crippen LogP contribution in [0.15, 0.2) is 206 Å². The van der Waals surface area contributed by atoms with Crippen molar-refractivity contribution in [1.82, 2.24) is 0 Å². The number of hydrogen-bond donors (Lipinski definition) is 0. The van der Waals surface area contributed by atoms with E-state index >= 15 is 0 Å². The molecule has 13 rings (SSSR count). The fourth-order valence-electron chi connectivity index (χ4n) is 11.3. The topological polar surface area (TPSA) is 44.4 Å². The van der Waals surface area contributed by atoms with Gasteiger partial charge in [0.25, 0.3) is 0 Å². The standard InChI is InChI=1S/C68H66N8O2/c1-67(2,3)47-35-53(71-43-69(7)59-23-9-11-25-61(59)71)41-57(37-47)77-55-21-17-19-51(39-55)75-45-73(63-27-13-15-29-65(63)75)49-31-33-50(34-32-49)74-46-76(66-30-16-14-28-64(66)74)52-20-18-22-56(40-52)78-58-38-48(68(4,5)6)36-54(42-58)72-44-70(8)60-24-10-12-26-62(60)72/h9-42H,43-46H2,1-8H3/i7D3. The Bertz CT molecular complexity index is 3850. The van der Waals surface area contributed by atoms with Crippen LogP contribution in [0.25, 0.3) is 0 Å². The Morgan fingerprint density at radius 1 is 0.308 bits per heavy atom. The molecule has 10 nitrogen and oxygen atoms in total. The quantitative estimate of drug-likeness (QED) is 0.132. The van der Waals surface area contributed by atoms with Gasteiger partial charge >= 0.3 is 0 Å². The lowest BCUT2D eigenvalue weighted by atomic mass is 9.86. The Morgan fingerprint density at radius 2 is 0.628 bits per heavy atom. The van der Waals surface area contributed by atoms with Crippen LogP contribution in [0, 0.1) is 0 Å². The van der Waals surface area contributed by atoms with Crippen molar-refractivity contribution in [2.75, 3.05) is 79.9 Å². The number of nitrogens with zero attached hydrogens (tertiary/aromatic N) is 8. The molecule has 0 unspecified atom stereocenters. The summed E-state index contributed by atoms with van der Waals surface area (Å²) in [5.74, 6) is 2.97. The second kappa shape index (κ2) is 18.9. The van der Waals surface area contributed by atoms with Gasteiger partial charge in [-0.25, -0.2) is 0 Å². The van der Waals surface area contributed by atoms with Crippen LogP contribution in [-0.4, -0.2) is 40.7 Å². The van der Waals surface area contributed by atoms with Gasteiger partial charge in [0.15, 0.2) is 0 Å². The molecule has 0 amide bonds. The summed E-state index contributed by atoms with van der Waals surface area (Å²) >= 11 is 0. The molecule has 0 radical (unpaired) electrons. The van der Waals surface area contributed by atoms with E-state index in [0.717, 1.165) is 86.3 Å². The van der Waals surface area contributed by atoms with Gasteiger partial charge in [0.1, 0.15) is 36.3 Å². The first-order chi connectivity index (χ1) is 38.9. The molecule has 4 heterocycles. The summed E-state index contributed by atoms with van der Waals surface area (Å²) in [5.41, 5.74) is 16.6. The van der Waals surface area contributed by atoms with E-state index in [1.807, 2.05) is 48.5 Å². The van der Waals surface area contributed by atoms with Gasteiger partial charge in [0, 0.05) is 76.5 Å². The van der Waals surface area contributed by atoms with Crippen LogP contribution < -0.4 is 48.7 Å². The number of fused-ring (bicyclic) bond motifs is 4. The summed E-state index contributed by atoms with van der Waals surface area (Å²) < 4.78 is 38.5. The molecule has 0 bridgehead atoms. The van der Waals surface area contributed by atoms with E-state index in [1.54, 1.807) is 0 Å². The molecule has 0 aliphatic carbocycles. The number of ether oxygens (including phenoxy) is 2. The Morgan fingerprint density at radius 3 is 1.01 bits per heavy atom. The Balaban J connectivity index is 0.737. The van der Waals surface area contributed by atoms with Crippen molar-refractivity contribution in [2.45, 2.75) is 52.4 Å². The number of anilines is 14. The van der Waals surface area contributed by atoms with E-state index in [4.69, 9.17) is 13.6 Å². The van der Waals surface area contributed by atoms with E-state index in [2.05, 4.69) is 241 Å². The van der Waals surface area contributed by atoms with Crippen molar-refractivity contribution in [3.8, 4) is 23.0 Å². The minimum atomic E-state index is -2.29. The van der Waals surface area contributed by atoms with E-state index in [9.17, 15) is 0 Å². The smallest absolute Gasteiger partial charge is 0.129 e. The molecule has 78 heavy (non-hydrogen) atoms. The average Bonchev–Trinajstić information content (AvgIpc) is 4.42. The zero-order valence-corrected chi connectivity index (χ0v) is 45.4. The van der Waals surface area contributed by atoms with Gasteiger partial charge in [-0.15, -0.1) is 0 Å². The van der Waals surface area contributed by atoms with Crippen molar-refractivity contribution in [3.63, 3.8) is 0 Å². The molecule has 0 fully saturated rings. The molecule has 9 aromatic rings. The van der Waals surface area contributed by atoms with Crippen molar-refractivity contribution in [3.05, 3.63) is 217 Å². The summed E-state index contributed by atoms with van der Waals surface area (Å²) in [5, 5.41) is 0. The maximum Gasteiger partial charge on any atom is 0.129 e. The van der Waals surface area contributed by atoms with Gasteiger partial charge in [0.2, 0.25) is 0 Å². The van der Waals surface area contributed by atoms with Crippen molar-refractivity contribution < 1.29 is 13.6 Å². The first kappa shape index (κ1) is 45.2. The molecule has 0 saturated carbocycles. The van der Waals surface area contributed by atoms with Crippen LogP contribution in [0.2, 0.25) is 0 Å². The highest BCUT2D eigenvalue weighted by molar-refractivity contribution is 5.90. The molecule has 0 aromatic heterocycles. The summed E-state index contributed by atoms with van der Waals surface area (Å²) in [7, 11) is 2.14. The van der Waals surface area contributed by atoms with E-state index in [0.29, 0.717) is 30.5 Å². The Labute approximate surface area is 463 Å². The number of para-hydroxylation sites is 8. The van der Waals surface area contributed by atoms with Crippen LogP contribution >= 0.6 is 0 Å². The highest BCUT2D eigenvalue weighted by Gasteiger charge is 2.32. The lowest BCUT2D eigenvalue weighted by molar-refractivity contribution is 0.478. The Kier molecular flexibility index (Phi) is 11.0. The highest BCUT2D eigenvalue weighted by Crippen LogP contribution is 2.50. The SMILES string of the molecule is [2H]C([2H])([2H])N1CN(c2cc(Oc3cccc(N4CN(c5ccc(N6CN(c7cccc(Oc8cc(N9CN(C)c%10ccccc%109)cc(C(C)(C)C)c8)c7)c7ccccc76)cc5)c5ccccc54)c3)cc(C(C)(C)C)c2)c2ccccc21. The first-order valence-electron chi connectivity index (χ1n) is 28.4. The normalized spacial score (nSPS) is 15.5. The third-order valence-electron chi connectivity index (χ3n) is 15.5. The molecule has 390 valence electrons. The van der Waals surface area contributed by atoms with Crippen LogP contribution in [0.4, 0.5) is 79.6 Å². The fourth-order valence-corrected chi connectivity index (χ4v) is 11.3. The Hall–Kier alpha value is -9.02. The average molecular weight is 1030 g/mol. The number of hydrogen-bond acceptors (Lipinski definition) is 10. The largest absolute Gasteiger partial charge is 0.457 e. The second-order valence-electron chi connectivity index (χ2n) is 22.9. The van der Waals surface area contributed by atoms with Crippen molar-refractivity contribution in [2.24, 2.45) is 0 Å². The summed E-state index contributed by atoms with van der Waals surface area (Å²) in [6.45, 7) is 13.2. The predicted octanol–water partition coefficient (Wildman–Crippen LogP) is 17.5. The molecule has 9 aromatic carbocycles. The lowest BCUT2D eigenvalue weighted by Gasteiger charge is -2.26. The van der Waals surface area contributed by atoms with Crippen molar-refractivity contribution >= 4 is 79.6 Å². The molecule has 0 spiro atoms. The van der Waals surface area contributed by atoms with E-state index < -0.39 is 6.98 Å². The summed E-state index contributed by atoms with van der Waals surface area (Å²) in [6.07, 6.45) is 0. The van der Waals surface area contributed by atoms with Gasteiger partial charge in [-0.05, 0) is 143 Å². The predicted molar refractivity (Wildman–Crippen MR) is 325 cm³/mol. The monoisotopic (exact) mass is 1030 g/mol. The van der Waals surface area contributed by atoms with Crippen LogP contribution in [0.5, 0.6) is 23.0 Å². The maximum absolute atomic E-state index is 8.30. The number of benzene rings is 9. The molecule has 4 aliphatic heterocycles. The van der Waals surface area contributed by atoms with Crippen LogP contribution in [0.1, 0.15) is 56.8 Å². The third-order valence-corrected chi connectivity index (χ3v) is 15.5. The molecule has 0 saturated heterocycles. The molecule has 10 heteroatoms. The minimum Gasteiger partial charge on any atom is -0.457 e. The van der Waals surface area contributed by atoms with Crippen molar-refractivity contribution in [1.29, 1.82) is 0 Å². The van der Waals surface area contributed by atoms with Gasteiger partial charge in [0.05, 0.1) is 58.8 Å². The molecular formula is C68H66N8O2. The van der Waals surface area contributed by atoms with Gasteiger partial charge in [-0.1, -0.05) is 102 Å². The second-order valence-corrected chi connectivity index (χ2v) is 22.9. The maximum atomic E-state index is 8.30. The summed E-state index contributed by atoms with van der Waals surface area (Å²) in [6, 6.07) is 72.0. The fraction of sp³-hybridized carbons (Fsp3) is 0.206. The zero-order chi connectivity index (χ0) is 56.0. The van der Waals surface area contributed by atoms with Crippen LogP contribution in [0.3, 0.4) is 0 Å². The number of rotatable bonds is 10. The molecule has 4 aliphatic rings. The van der Waals surface area contributed by atoms with E-state index in [1.165, 1.54) is 21.8 Å².